The molecule has 0 saturated carbocycles. The molecule has 0 bridgehead atoms. The Kier molecular flexibility index (Phi) is 9.33. The van der Waals surface area contributed by atoms with Crippen LogP contribution in [-0.2, 0) is 37.6 Å². The maximum absolute atomic E-state index is 11.9. The van der Waals surface area contributed by atoms with Crippen molar-refractivity contribution >= 4 is 24.5 Å². The lowest BCUT2D eigenvalue weighted by Gasteiger charge is -2.36. The Balaban J connectivity index is 2.27. The molecule has 2 aromatic rings. The van der Waals surface area contributed by atoms with Crippen molar-refractivity contribution in [3.05, 3.63) is 47.3 Å². The molecule has 0 amide bonds. The van der Waals surface area contributed by atoms with Gasteiger partial charge in [0.05, 0.1) is 38.3 Å². The van der Waals surface area contributed by atoms with E-state index in [9.17, 15) is 14.4 Å². The van der Waals surface area contributed by atoms with Crippen molar-refractivity contribution in [1.82, 2.24) is 0 Å². The first-order valence-electron chi connectivity index (χ1n) is 11.8. The molecule has 1 atom stereocenters. The first-order valence-corrected chi connectivity index (χ1v) is 19.2. The maximum atomic E-state index is 11.9. The van der Waals surface area contributed by atoms with Crippen LogP contribution in [0.2, 0.25) is 36.3 Å². The number of rotatable bonds is 11. The molecule has 8 nitrogen and oxygen atoms in total. The second-order valence-electron chi connectivity index (χ2n) is 12.2. The van der Waals surface area contributed by atoms with Crippen LogP contribution < -0.4 is 0 Å². The smallest absolute Gasteiger partial charge is 0.470 e. The van der Waals surface area contributed by atoms with Gasteiger partial charge in [0.1, 0.15) is 6.10 Å². The average Bonchev–Trinajstić information content (AvgIpc) is 3.30. The van der Waals surface area contributed by atoms with Crippen LogP contribution in [0, 0.1) is 0 Å². The van der Waals surface area contributed by atoms with Crippen molar-refractivity contribution < 1.29 is 36.6 Å². The molecule has 0 saturated heterocycles. The molecule has 35 heavy (non-hydrogen) atoms. The molecule has 2 rings (SSSR count). The summed E-state index contributed by atoms with van der Waals surface area (Å²) >= 11 is 0. The molecule has 0 fully saturated rings. The molecular formula is C24H43O8PSi2. The number of phosphoric ester groups is 1. The van der Waals surface area contributed by atoms with Crippen molar-refractivity contribution in [2.75, 3.05) is 0 Å². The molecule has 0 aromatic carbocycles. The van der Waals surface area contributed by atoms with E-state index in [-0.39, 0.29) is 23.1 Å². The zero-order valence-corrected chi connectivity index (χ0v) is 25.7. The largest absolute Gasteiger partial charge is 0.472 e. The number of hydrogen-bond donors (Lipinski definition) is 2. The molecule has 1 unspecified atom stereocenters. The van der Waals surface area contributed by atoms with E-state index < -0.39 is 30.6 Å². The van der Waals surface area contributed by atoms with Gasteiger partial charge in [-0.05, 0) is 41.8 Å². The highest BCUT2D eigenvalue weighted by atomic mass is 31.2. The Morgan fingerprint density at radius 1 is 0.800 bits per heavy atom. The lowest BCUT2D eigenvalue weighted by Crippen LogP contribution is -2.40. The number of phosphoric acid groups is 1. The summed E-state index contributed by atoms with van der Waals surface area (Å²) in [5.41, 5.74) is 2.84. The van der Waals surface area contributed by atoms with Crippen LogP contribution in [-0.4, -0.2) is 26.4 Å². The summed E-state index contributed by atoms with van der Waals surface area (Å²) in [4.78, 5) is 19.3. The third-order valence-electron chi connectivity index (χ3n) is 7.42. The molecule has 0 aliphatic rings. The average molecular weight is 547 g/mol. The Bertz CT molecular complexity index is 1010. The van der Waals surface area contributed by atoms with Gasteiger partial charge in [0.15, 0.2) is 16.6 Å². The van der Waals surface area contributed by atoms with Gasteiger partial charge in [-0.2, -0.15) is 0 Å². The lowest BCUT2D eigenvalue weighted by atomic mass is 10.0. The van der Waals surface area contributed by atoms with Crippen molar-refractivity contribution in [2.45, 2.75) is 104 Å². The first kappa shape index (κ1) is 30.2. The minimum absolute atomic E-state index is 0.0224. The SMILES string of the molecule is CC(C)(C)[Si](C)(C)OCc1cocc1CC(OP(=O)(O)O)c1cocc1CO[Si](C)(C)C(C)(C)C. The van der Waals surface area contributed by atoms with Gasteiger partial charge >= 0.3 is 7.82 Å². The zero-order valence-electron chi connectivity index (χ0n) is 22.8. The molecule has 2 aromatic heterocycles. The van der Waals surface area contributed by atoms with E-state index in [0.717, 1.165) is 11.1 Å². The van der Waals surface area contributed by atoms with Crippen LogP contribution in [0.5, 0.6) is 0 Å². The van der Waals surface area contributed by atoms with Crippen LogP contribution in [0.3, 0.4) is 0 Å². The normalized spacial score (nSPS) is 15.0. The minimum Gasteiger partial charge on any atom is -0.472 e. The van der Waals surface area contributed by atoms with Crippen LogP contribution in [0.25, 0.3) is 0 Å². The van der Waals surface area contributed by atoms with Gasteiger partial charge in [0.2, 0.25) is 0 Å². The fraction of sp³-hybridized carbons (Fsp3) is 0.667. The van der Waals surface area contributed by atoms with Crippen molar-refractivity contribution in [3.8, 4) is 0 Å². The van der Waals surface area contributed by atoms with Crippen molar-refractivity contribution in [1.29, 1.82) is 0 Å². The van der Waals surface area contributed by atoms with E-state index in [1.165, 1.54) is 6.26 Å². The Morgan fingerprint density at radius 3 is 1.71 bits per heavy atom. The number of hydrogen-bond acceptors (Lipinski definition) is 6. The van der Waals surface area contributed by atoms with Crippen LogP contribution in [0.15, 0.2) is 33.9 Å². The predicted octanol–water partition coefficient (Wildman–Crippen LogP) is 7.31. The highest BCUT2D eigenvalue weighted by molar-refractivity contribution is 7.46. The van der Waals surface area contributed by atoms with Crippen LogP contribution >= 0.6 is 7.82 Å². The third kappa shape index (κ3) is 8.26. The van der Waals surface area contributed by atoms with E-state index in [0.29, 0.717) is 17.7 Å². The van der Waals surface area contributed by atoms with E-state index in [4.69, 9.17) is 22.2 Å². The van der Waals surface area contributed by atoms with Gasteiger partial charge in [-0.1, -0.05) is 41.5 Å². The van der Waals surface area contributed by atoms with Gasteiger partial charge in [-0.15, -0.1) is 0 Å². The van der Waals surface area contributed by atoms with Gasteiger partial charge in [0, 0.05) is 23.1 Å². The molecule has 11 heteroatoms. The fourth-order valence-corrected chi connectivity index (χ4v) is 5.33. The van der Waals surface area contributed by atoms with E-state index in [1.54, 1.807) is 18.8 Å². The number of furan rings is 2. The standard InChI is InChI=1S/C24H43O8PSi2/c1-23(2,3)34(7,8)30-15-19-13-28-12-18(19)11-22(32-33(25,26)27)21-17-29-14-20(21)16-31-35(9,10)24(4,5)6/h12-14,17,22H,11,15-16H2,1-10H3,(H2,25,26,27). The van der Waals surface area contributed by atoms with Crippen molar-refractivity contribution in [2.24, 2.45) is 0 Å². The molecule has 0 radical (unpaired) electrons. The third-order valence-corrected chi connectivity index (χ3v) is 16.9. The van der Waals surface area contributed by atoms with E-state index in [1.807, 2.05) is 0 Å². The van der Waals surface area contributed by atoms with Crippen molar-refractivity contribution in [3.63, 3.8) is 0 Å². The molecule has 0 aliphatic heterocycles. The second kappa shape index (κ2) is 10.8. The topological polar surface area (TPSA) is 112 Å². The highest BCUT2D eigenvalue weighted by Gasteiger charge is 2.39. The molecule has 2 N–H and O–H groups in total. The summed E-state index contributed by atoms with van der Waals surface area (Å²) in [6.45, 7) is 22.3. The molecular weight excluding hydrogens is 503 g/mol. The summed E-state index contributed by atoms with van der Waals surface area (Å²) in [7, 11) is -8.83. The Morgan fingerprint density at radius 2 is 1.23 bits per heavy atom. The van der Waals surface area contributed by atoms with Gasteiger partial charge < -0.3 is 27.5 Å². The summed E-state index contributed by atoms with van der Waals surface area (Å²) < 4.78 is 40.6. The summed E-state index contributed by atoms with van der Waals surface area (Å²) in [5.74, 6) is 0. The molecule has 0 aliphatic carbocycles. The van der Waals surface area contributed by atoms with E-state index >= 15 is 0 Å². The van der Waals surface area contributed by atoms with E-state index in [2.05, 4.69) is 67.7 Å². The lowest BCUT2D eigenvalue weighted by molar-refractivity contribution is 0.131. The first-order chi connectivity index (χ1) is 15.7. The minimum atomic E-state index is -4.79. The second-order valence-corrected chi connectivity index (χ2v) is 23.0. The van der Waals surface area contributed by atoms with Gasteiger partial charge in [-0.3, -0.25) is 4.52 Å². The summed E-state index contributed by atoms with van der Waals surface area (Å²) in [6, 6.07) is 0. The Labute approximate surface area is 211 Å². The zero-order chi connectivity index (χ0) is 26.9. The van der Waals surface area contributed by atoms with Crippen LogP contribution in [0.1, 0.15) is 69.9 Å². The summed E-state index contributed by atoms with van der Waals surface area (Å²) in [5, 5.41) is 0.0767. The fourth-order valence-electron chi connectivity index (χ4n) is 2.91. The van der Waals surface area contributed by atoms with Gasteiger partial charge in [-0.25, -0.2) is 4.57 Å². The summed E-state index contributed by atoms with van der Waals surface area (Å²) in [6.07, 6.45) is 5.45. The molecule has 2 heterocycles. The highest BCUT2D eigenvalue weighted by Crippen LogP contribution is 2.45. The van der Waals surface area contributed by atoms with Gasteiger partial charge in [0.25, 0.3) is 0 Å². The predicted molar refractivity (Wildman–Crippen MR) is 141 cm³/mol. The maximum Gasteiger partial charge on any atom is 0.470 e. The monoisotopic (exact) mass is 546 g/mol. The Hall–Kier alpha value is -0.976. The molecule has 200 valence electrons. The van der Waals surface area contributed by atoms with Crippen LogP contribution in [0.4, 0.5) is 0 Å². The molecule has 0 spiro atoms. The quantitative estimate of drug-likeness (QED) is 0.223.